The highest BCUT2D eigenvalue weighted by atomic mass is 19.2. The minimum Gasteiger partial charge on any atom is -0.459 e. The molecule has 23 heavy (non-hydrogen) atoms. The van der Waals surface area contributed by atoms with Crippen LogP contribution in [0.3, 0.4) is 0 Å². The van der Waals surface area contributed by atoms with Crippen LogP contribution in [0, 0.1) is 23.4 Å². The maximum absolute atomic E-state index is 13.6. The number of halogens is 3. The van der Waals surface area contributed by atoms with Gasteiger partial charge in [0.05, 0.1) is 5.56 Å². The standard InChI is InChI=1S/C18H23F3O2/c1-2-3-4-5-12-6-8-13(9-7-12)23-18(22)14-10-11-15(19)17(21)16(14)20/h10-13H,2-9H2,1H3/t12-,13-. The van der Waals surface area contributed by atoms with E-state index >= 15 is 0 Å². The van der Waals surface area contributed by atoms with Crippen molar-refractivity contribution in [1.82, 2.24) is 0 Å². The fraction of sp³-hybridized carbons (Fsp3) is 0.611. The van der Waals surface area contributed by atoms with E-state index in [1.807, 2.05) is 0 Å². The molecule has 0 N–H and O–H groups in total. The van der Waals surface area contributed by atoms with Crippen LogP contribution in [0.4, 0.5) is 13.2 Å². The molecule has 2 nitrogen and oxygen atoms in total. The first kappa shape index (κ1) is 17.8. The Balaban J connectivity index is 1.84. The summed E-state index contributed by atoms with van der Waals surface area (Å²) in [6, 6.07) is 1.66. The lowest BCUT2D eigenvalue weighted by Crippen LogP contribution is -2.25. The summed E-state index contributed by atoms with van der Waals surface area (Å²) in [5, 5.41) is 0. The van der Waals surface area contributed by atoms with Crippen LogP contribution in [0.5, 0.6) is 0 Å². The summed E-state index contributed by atoms with van der Waals surface area (Å²) in [5.74, 6) is -4.69. The monoisotopic (exact) mass is 328 g/mol. The lowest BCUT2D eigenvalue weighted by molar-refractivity contribution is 0.0155. The van der Waals surface area contributed by atoms with Gasteiger partial charge in [-0.3, -0.25) is 0 Å². The quantitative estimate of drug-likeness (QED) is 0.397. The maximum atomic E-state index is 13.6. The van der Waals surface area contributed by atoms with Gasteiger partial charge >= 0.3 is 5.97 Å². The van der Waals surface area contributed by atoms with Crippen LogP contribution in [0.25, 0.3) is 0 Å². The molecule has 0 aliphatic heterocycles. The summed E-state index contributed by atoms with van der Waals surface area (Å²) in [5.41, 5.74) is -0.547. The second kappa shape index (κ2) is 8.37. The predicted octanol–water partition coefficient (Wildman–Crippen LogP) is 5.40. The molecule has 1 aromatic carbocycles. The number of hydrogen-bond acceptors (Lipinski definition) is 2. The first-order valence-electron chi connectivity index (χ1n) is 8.37. The highest BCUT2D eigenvalue weighted by Crippen LogP contribution is 2.30. The van der Waals surface area contributed by atoms with Crippen LogP contribution in [0.1, 0.15) is 68.6 Å². The molecule has 0 amide bonds. The van der Waals surface area contributed by atoms with E-state index in [-0.39, 0.29) is 6.10 Å². The molecule has 1 aliphatic carbocycles. The Morgan fingerprint density at radius 1 is 1.09 bits per heavy atom. The molecule has 1 aliphatic rings. The SMILES string of the molecule is CCCCC[C@H]1CC[C@H](OC(=O)c2ccc(F)c(F)c2F)CC1. The molecule has 0 aromatic heterocycles. The lowest BCUT2D eigenvalue weighted by atomic mass is 9.84. The minimum absolute atomic E-state index is 0.266. The van der Waals surface area contributed by atoms with Gasteiger partial charge in [-0.1, -0.05) is 32.6 Å². The van der Waals surface area contributed by atoms with Gasteiger partial charge in [-0.25, -0.2) is 18.0 Å². The molecule has 0 radical (unpaired) electrons. The number of carbonyl (C=O) groups is 1. The zero-order valence-electron chi connectivity index (χ0n) is 13.4. The first-order valence-corrected chi connectivity index (χ1v) is 8.37. The molecule has 1 saturated carbocycles. The third kappa shape index (κ3) is 4.72. The highest BCUT2D eigenvalue weighted by molar-refractivity contribution is 5.89. The number of ether oxygens (including phenoxy) is 1. The molecule has 0 bridgehead atoms. The summed E-state index contributed by atoms with van der Waals surface area (Å²) < 4.78 is 44.9. The van der Waals surface area contributed by atoms with E-state index in [4.69, 9.17) is 4.74 Å². The Morgan fingerprint density at radius 2 is 1.78 bits per heavy atom. The third-order valence-corrected chi connectivity index (χ3v) is 4.54. The van der Waals surface area contributed by atoms with Crippen molar-refractivity contribution in [2.24, 2.45) is 5.92 Å². The van der Waals surface area contributed by atoms with E-state index in [1.54, 1.807) is 0 Å². The Labute approximate surface area is 135 Å². The number of hydrogen-bond donors (Lipinski definition) is 0. The van der Waals surface area contributed by atoms with Gasteiger partial charge in [0.2, 0.25) is 0 Å². The third-order valence-electron chi connectivity index (χ3n) is 4.54. The maximum Gasteiger partial charge on any atom is 0.341 e. The van der Waals surface area contributed by atoms with Crippen molar-refractivity contribution >= 4 is 5.97 Å². The van der Waals surface area contributed by atoms with E-state index < -0.39 is 29.0 Å². The largest absolute Gasteiger partial charge is 0.459 e. The van der Waals surface area contributed by atoms with Crippen molar-refractivity contribution in [2.75, 3.05) is 0 Å². The highest BCUT2D eigenvalue weighted by Gasteiger charge is 2.26. The number of rotatable bonds is 6. The molecule has 1 aromatic rings. The molecule has 128 valence electrons. The fourth-order valence-electron chi connectivity index (χ4n) is 3.12. The zero-order valence-corrected chi connectivity index (χ0v) is 13.4. The Bertz CT molecular complexity index is 537. The average molecular weight is 328 g/mol. The van der Waals surface area contributed by atoms with Crippen LogP contribution in [-0.4, -0.2) is 12.1 Å². The molecule has 5 heteroatoms. The van der Waals surface area contributed by atoms with Crippen LogP contribution in [0.2, 0.25) is 0 Å². The lowest BCUT2D eigenvalue weighted by Gasteiger charge is -2.28. The average Bonchev–Trinajstić information content (AvgIpc) is 2.54. The van der Waals surface area contributed by atoms with E-state index in [1.165, 1.54) is 25.7 Å². The summed E-state index contributed by atoms with van der Waals surface area (Å²) in [4.78, 5) is 11.9. The summed E-state index contributed by atoms with van der Waals surface area (Å²) in [6.07, 6.45) is 8.07. The van der Waals surface area contributed by atoms with Crippen molar-refractivity contribution < 1.29 is 22.7 Å². The predicted molar refractivity (Wildman–Crippen MR) is 81.6 cm³/mol. The molecule has 0 saturated heterocycles. The van der Waals surface area contributed by atoms with Gasteiger partial charge in [0.15, 0.2) is 17.5 Å². The molecular formula is C18H23F3O2. The van der Waals surface area contributed by atoms with Gasteiger partial charge in [-0.15, -0.1) is 0 Å². The summed E-state index contributed by atoms with van der Waals surface area (Å²) in [6.45, 7) is 2.17. The fourth-order valence-corrected chi connectivity index (χ4v) is 3.12. The molecule has 2 rings (SSSR count). The number of unbranched alkanes of at least 4 members (excludes halogenated alkanes) is 2. The van der Waals surface area contributed by atoms with E-state index in [0.29, 0.717) is 5.92 Å². The van der Waals surface area contributed by atoms with E-state index in [0.717, 1.165) is 37.8 Å². The molecule has 0 unspecified atom stereocenters. The zero-order chi connectivity index (χ0) is 16.8. The van der Waals surface area contributed by atoms with E-state index in [2.05, 4.69) is 6.92 Å². The molecular weight excluding hydrogens is 305 g/mol. The molecule has 0 heterocycles. The van der Waals surface area contributed by atoms with Gasteiger partial charge in [0.1, 0.15) is 6.10 Å². The Morgan fingerprint density at radius 3 is 2.43 bits per heavy atom. The number of carbonyl (C=O) groups excluding carboxylic acids is 1. The Kier molecular flexibility index (Phi) is 6.48. The van der Waals surface area contributed by atoms with Gasteiger partial charge in [-0.2, -0.15) is 0 Å². The second-order valence-corrected chi connectivity index (χ2v) is 6.27. The van der Waals surface area contributed by atoms with Crippen LogP contribution in [0.15, 0.2) is 12.1 Å². The number of benzene rings is 1. The van der Waals surface area contributed by atoms with E-state index in [9.17, 15) is 18.0 Å². The van der Waals surface area contributed by atoms with Gasteiger partial charge in [0.25, 0.3) is 0 Å². The smallest absolute Gasteiger partial charge is 0.341 e. The summed E-state index contributed by atoms with van der Waals surface area (Å²) >= 11 is 0. The topological polar surface area (TPSA) is 26.3 Å². The second-order valence-electron chi connectivity index (χ2n) is 6.27. The van der Waals surface area contributed by atoms with Crippen molar-refractivity contribution in [2.45, 2.75) is 64.4 Å². The van der Waals surface area contributed by atoms with Gasteiger partial charge < -0.3 is 4.74 Å². The first-order chi connectivity index (χ1) is 11.0. The molecule has 0 spiro atoms. The van der Waals surface area contributed by atoms with Crippen LogP contribution >= 0.6 is 0 Å². The van der Waals surface area contributed by atoms with Crippen molar-refractivity contribution in [3.05, 3.63) is 35.1 Å². The van der Waals surface area contributed by atoms with Crippen LogP contribution in [-0.2, 0) is 4.74 Å². The van der Waals surface area contributed by atoms with Crippen molar-refractivity contribution in [3.63, 3.8) is 0 Å². The van der Waals surface area contributed by atoms with Gasteiger partial charge in [0, 0.05) is 0 Å². The molecule has 1 fully saturated rings. The van der Waals surface area contributed by atoms with Crippen molar-refractivity contribution in [3.8, 4) is 0 Å². The normalized spacial score (nSPS) is 21.2. The van der Waals surface area contributed by atoms with Crippen LogP contribution < -0.4 is 0 Å². The van der Waals surface area contributed by atoms with Gasteiger partial charge in [-0.05, 0) is 43.7 Å². The summed E-state index contributed by atoms with van der Waals surface area (Å²) in [7, 11) is 0. The minimum atomic E-state index is -1.64. The van der Waals surface area contributed by atoms with Crippen molar-refractivity contribution in [1.29, 1.82) is 0 Å². The molecule has 0 atom stereocenters. The Hall–Kier alpha value is -1.52. The number of esters is 1.